The molecule has 0 spiro atoms. The topological polar surface area (TPSA) is 32.3 Å². The Morgan fingerprint density at radius 1 is 0.727 bits per heavy atom. The van der Waals surface area contributed by atoms with E-state index in [0.29, 0.717) is 0 Å². The molecule has 0 aliphatic heterocycles. The van der Waals surface area contributed by atoms with Gasteiger partial charge in [-0.15, -0.1) is 0 Å². The second-order valence-corrected chi connectivity index (χ2v) is 7.14. The van der Waals surface area contributed by atoms with Crippen LogP contribution >= 0.6 is 22.7 Å². The molecule has 3 rings (SSSR count). The number of aromatic nitrogens is 2. The third-order valence-corrected chi connectivity index (χ3v) is 6.10. The van der Waals surface area contributed by atoms with Crippen LogP contribution in [0.5, 0.6) is 0 Å². The Balaban J connectivity index is 2.05. The lowest BCUT2D eigenvalue weighted by atomic mass is 10.3. The van der Waals surface area contributed by atoms with E-state index in [2.05, 4.69) is 49.6 Å². The first-order valence-corrected chi connectivity index (χ1v) is 9.54. The van der Waals surface area contributed by atoms with Crippen molar-refractivity contribution < 1.29 is 0 Å². The van der Waals surface area contributed by atoms with Crippen LogP contribution in [-0.4, -0.2) is 36.1 Å². The van der Waals surface area contributed by atoms with Crippen LogP contribution in [0.2, 0.25) is 0 Å². The minimum atomic E-state index is 0.995. The molecule has 0 saturated carbocycles. The smallest absolute Gasteiger partial charge is 0.186 e. The monoisotopic (exact) mass is 334 g/mol. The molecule has 0 aliphatic rings. The number of hydrogen-bond donors (Lipinski definition) is 0. The summed E-state index contributed by atoms with van der Waals surface area (Å²) in [6.07, 6.45) is 0. The third kappa shape index (κ3) is 2.65. The molecular weight excluding hydrogens is 312 g/mol. The van der Waals surface area contributed by atoms with Gasteiger partial charge in [-0.2, -0.15) is 0 Å². The zero-order chi connectivity index (χ0) is 15.7. The van der Waals surface area contributed by atoms with Crippen LogP contribution in [0.15, 0.2) is 12.1 Å². The highest BCUT2D eigenvalue weighted by atomic mass is 32.1. The fraction of sp³-hybridized carbons (Fsp3) is 0.500. The summed E-state index contributed by atoms with van der Waals surface area (Å²) in [6, 6.07) is 4.39. The van der Waals surface area contributed by atoms with Gasteiger partial charge in [-0.1, -0.05) is 22.7 Å². The van der Waals surface area contributed by atoms with Crippen molar-refractivity contribution in [2.75, 3.05) is 36.0 Å². The fourth-order valence-corrected chi connectivity index (χ4v) is 4.89. The van der Waals surface area contributed by atoms with Crippen molar-refractivity contribution in [1.29, 1.82) is 0 Å². The van der Waals surface area contributed by atoms with Crippen molar-refractivity contribution in [3.8, 4) is 0 Å². The zero-order valence-corrected chi connectivity index (χ0v) is 15.2. The van der Waals surface area contributed by atoms with Gasteiger partial charge in [0.25, 0.3) is 0 Å². The van der Waals surface area contributed by atoms with E-state index >= 15 is 0 Å². The van der Waals surface area contributed by atoms with Gasteiger partial charge in [0.15, 0.2) is 10.3 Å². The van der Waals surface area contributed by atoms with E-state index in [4.69, 9.17) is 9.97 Å². The molecule has 2 aromatic heterocycles. The molecule has 0 N–H and O–H groups in total. The summed E-state index contributed by atoms with van der Waals surface area (Å²) < 4.78 is 2.51. The summed E-state index contributed by atoms with van der Waals surface area (Å²) in [7, 11) is 0. The van der Waals surface area contributed by atoms with Gasteiger partial charge in [0.05, 0.1) is 20.4 Å². The minimum Gasteiger partial charge on any atom is -0.349 e. The summed E-state index contributed by atoms with van der Waals surface area (Å²) >= 11 is 3.56. The highest BCUT2D eigenvalue weighted by Gasteiger charge is 2.14. The Bertz CT molecular complexity index is 656. The molecule has 0 fully saturated rings. The SMILES string of the molecule is CCN(CC)c1nc2cc3nc(N(CC)CC)sc3cc2s1. The quantitative estimate of drug-likeness (QED) is 0.659. The van der Waals surface area contributed by atoms with Gasteiger partial charge in [-0.25, -0.2) is 9.97 Å². The largest absolute Gasteiger partial charge is 0.349 e. The first kappa shape index (κ1) is 15.5. The first-order valence-electron chi connectivity index (χ1n) is 7.91. The molecule has 4 nitrogen and oxygen atoms in total. The Kier molecular flexibility index (Phi) is 4.49. The molecule has 0 amide bonds. The van der Waals surface area contributed by atoms with Crippen molar-refractivity contribution >= 4 is 53.4 Å². The van der Waals surface area contributed by atoms with E-state index < -0.39 is 0 Å². The van der Waals surface area contributed by atoms with Crippen molar-refractivity contribution in [1.82, 2.24) is 9.97 Å². The number of benzene rings is 1. The maximum Gasteiger partial charge on any atom is 0.186 e. The number of hydrogen-bond acceptors (Lipinski definition) is 6. The lowest BCUT2D eigenvalue weighted by Crippen LogP contribution is -2.21. The normalized spacial score (nSPS) is 11.5. The standard InChI is InChI=1S/C16H22N4S2/c1-5-19(6-2)15-17-11-9-12-14(10-13(11)21-15)22-16(18-12)20(7-3)8-4/h9-10H,5-8H2,1-4H3. The Labute approximate surface area is 139 Å². The average molecular weight is 335 g/mol. The zero-order valence-electron chi connectivity index (χ0n) is 13.6. The van der Waals surface area contributed by atoms with Crippen LogP contribution < -0.4 is 9.80 Å². The molecule has 6 heteroatoms. The molecule has 2 heterocycles. The van der Waals surface area contributed by atoms with E-state index in [0.717, 1.165) is 47.5 Å². The Morgan fingerprint density at radius 3 is 1.50 bits per heavy atom. The lowest BCUT2D eigenvalue weighted by Gasteiger charge is -2.16. The second-order valence-electron chi connectivity index (χ2n) is 5.13. The molecule has 118 valence electrons. The van der Waals surface area contributed by atoms with Gasteiger partial charge >= 0.3 is 0 Å². The first-order chi connectivity index (χ1) is 10.7. The molecule has 0 bridgehead atoms. The van der Waals surface area contributed by atoms with Gasteiger partial charge in [0.2, 0.25) is 0 Å². The van der Waals surface area contributed by atoms with E-state index in [1.165, 1.54) is 9.40 Å². The average Bonchev–Trinajstić information content (AvgIpc) is 3.10. The van der Waals surface area contributed by atoms with Crippen LogP contribution in [0.3, 0.4) is 0 Å². The van der Waals surface area contributed by atoms with E-state index in [1.807, 2.05) is 0 Å². The van der Waals surface area contributed by atoms with Crippen molar-refractivity contribution in [3.63, 3.8) is 0 Å². The van der Waals surface area contributed by atoms with Crippen LogP contribution in [0.1, 0.15) is 27.7 Å². The molecule has 0 radical (unpaired) electrons. The van der Waals surface area contributed by atoms with Crippen LogP contribution in [0.25, 0.3) is 20.4 Å². The van der Waals surface area contributed by atoms with E-state index in [1.54, 1.807) is 22.7 Å². The number of thiazole rings is 2. The second kappa shape index (κ2) is 6.38. The summed E-state index contributed by atoms with van der Waals surface area (Å²) in [5.41, 5.74) is 2.13. The van der Waals surface area contributed by atoms with Gasteiger partial charge in [0.1, 0.15) is 0 Å². The Morgan fingerprint density at radius 2 is 1.14 bits per heavy atom. The molecule has 0 aliphatic carbocycles. The number of fused-ring (bicyclic) bond motifs is 2. The van der Waals surface area contributed by atoms with E-state index in [-0.39, 0.29) is 0 Å². The number of anilines is 2. The van der Waals surface area contributed by atoms with Crippen molar-refractivity contribution in [2.45, 2.75) is 27.7 Å². The fourth-order valence-electron chi connectivity index (χ4n) is 2.58. The lowest BCUT2D eigenvalue weighted by molar-refractivity contribution is 0.861. The highest BCUT2D eigenvalue weighted by molar-refractivity contribution is 7.24. The van der Waals surface area contributed by atoms with Crippen LogP contribution in [0.4, 0.5) is 10.3 Å². The van der Waals surface area contributed by atoms with Gasteiger partial charge < -0.3 is 9.80 Å². The van der Waals surface area contributed by atoms with Gasteiger partial charge in [0, 0.05) is 26.2 Å². The van der Waals surface area contributed by atoms with Crippen molar-refractivity contribution in [2.24, 2.45) is 0 Å². The molecule has 3 aromatic rings. The van der Waals surface area contributed by atoms with Crippen LogP contribution in [0, 0.1) is 0 Å². The molecule has 0 atom stereocenters. The molecule has 0 unspecified atom stereocenters. The summed E-state index contributed by atoms with van der Waals surface area (Å²) in [6.45, 7) is 12.7. The summed E-state index contributed by atoms with van der Waals surface area (Å²) in [5.74, 6) is 0. The Hall–Kier alpha value is -1.40. The van der Waals surface area contributed by atoms with Crippen molar-refractivity contribution in [3.05, 3.63) is 12.1 Å². The molecule has 0 saturated heterocycles. The molecule has 1 aromatic carbocycles. The van der Waals surface area contributed by atoms with Gasteiger partial charge in [-0.05, 0) is 39.8 Å². The minimum absolute atomic E-state index is 0.995. The number of rotatable bonds is 6. The highest BCUT2D eigenvalue weighted by Crippen LogP contribution is 2.36. The maximum absolute atomic E-state index is 4.79. The maximum atomic E-state index is 4.79. The molecule has 22 heavy (non-hydrogen) atoms. The van der Waals surface area contributed by atoms with Gasteiger partial charge in [-0.3, -0.25) is 0 Å². The predicted molar refractivity (Wildman–Crippen MR) is 99.9 cm³/mol. The number of nitrogens with zero attached hydrogens (tertiary/aromatic N) is 4. The van der Waals surface area contributed by atoms with E-state index in [9.17, 15) is 0 Å². The summed E-state index contributed by atoms with van der Waals surface area (Å²) in [5, 5.41) is 2.23. The summed E-state index contributed by atoms with van der Waals surface area (Å²) in [4.78, 5) is 14.2. The van der Waals surface area contributed by atoms with Crippen LogP contribution in [-0.2, 0) is 0 Å². The molecular formula is C16H22N4S2. The predicted octanol–water partition coefficient (Wildman–Crippen LogP) is 4.60. The third-order valence-electron chi connectivity index (χ3n) is 3.94.